The third-order valence-electron chi connectivity index (χ3n) is 3.19. The summed E-state index contributed by atoms with van der Waals surface area (Å²) in [6.45, 7) is 0.542. The van der Waals surface area contributed by atoms with Crippen molar-refractivity contribution < 1.29 is 14.3 Å². The maximum absolute atomic E-state index is 12.0. The molecule has 0 aliphatic heterocycles. The van der Waals surface area contributed by atoms with Gasteiger partial charge in [-0.2, -0.15) is 0 Å². The van der Waals surface area contributed by atoms with Crippen LogP contribution in [-0.2, 0) is 4.79 Å². The minimum Gasteiger partial charge on any atom is -0.497 e. The van der Waals surface area contributed by atoms with Crippen LogP contribution < -0.4 is 20.1 Å². The molecular weight excluding hydrogens is 360 g/mol. The van der Waals surface area contributed by atoms with Gasteiger partial charge in [-0.15, -0.1) is 0 Å². The van der Waals surface area contributed by atoms with Crippen LogP contribution in [0.4, 0.5) is 11.4 Å². The van der Waals surface area contributed by atoms with Crippen LogP contribution in [-0.4, -0.2) is 26.7 Å². The van der Waals surface area contributed by atoms with Gasteiger partial charge in [0.25, 0.3) is 0 Å². The van der Waals surface area contributed by atoms with Gasteiger partial charge in [0.2, 0.25) is 5.91 Å². The average molecular weight is 379 g/mol. The smallest absolute Gasteiger partial charge is 0.226 e. The number of hydrogen-bond acceptors (Lipinski definition) is 4. The number of anilines is 2. The predicted octanol–water partition coefficient (Wildman–Crippen LogP) is 3.91. The third-order valence-corrected chi connectivity index (χ3v) is 3.68. The highest BCUT2D eigenvalue weighted by molar-refractivity contribution is 9.10. The zero-order chi connectivity index (χ0) is 16.7. The van der Waals surface area contributed by atoms with Crippen LogP contribution in [0.25, 0.3) is 0 Å². The van der Waals surface area contributed by atoms with Gasteiger partial charge in [-0.05, 0) is 30.3 Å². The number of carbonyl (C=O) groups is 1. The Bertz CT molecular complexity index is 677. The summed E-state index contributed by atoms with van der Waals surface area (Å²) in [4.78, 5) is 12.0. The molecule has 0 bridgehead atoms. The molecule has 2 N–H and O–H groups in total. The second kappa shape index (κ2) is 8.43. The van der Waals surface area contributed by atoms with E-state index in [2.05, 4.69) is 26.6 Å². The first-order valence-corrected chi connectivity index (χ1v) is 7.93. The maximum Gasteiger partial charge on any atom is 0.226 e. The summed E-state index contributed by atoms with van der Waals surface area (Å²) < 4.78 is 11.4. The zero-order valence-electron chi connectivity index (χ0n) is 13.1. The summed E-state index contributed by atoms with van der Waals surface area (Å²) in [5.41, 5.74) is 1.59. The number of halogens is 1. The van der Waals surface area contributed by atoms with E-state index in [0.29, 0.717) is 30.2 Å². The third kappa shape index (κ3) is 5.17. The Morgan fingerprint density at radius 1 is 1.13 bits per heavy atom. The van der Waals surface area contributed by atoms with Crippen molar-refractivity contribution >= 4 is 33.2 Å². The van der Waals surface area contributed by atoms with E-state index in [4.69, 9.17) is 9.47 Å². The Morgan fingerprint density at radius 2 is 1.96 bits per heavy atom. The summed E-state index contributed by atoms with van der Waals surface area (Å²) in [6, 6.07) is 13.1. The van der Waals surface area contributed by atoms with E-state index in [9.17, 15) is 4.79 Å². The lowest BCUT2D eigenvalue weighted by Crippen LogP contribution is -2.16. The van der Waals surface area contributed by atoms with E-state index in [1.807, 2.05) is 24.3 Å². The van der Waals surface area contributed by atoms with Gasteiger partial charge >= 0.3 is 0 Å². The van der Waals surface area contributed by atoms with Crippen LogP contribution >= 0.6 is 15.9 Å². The Kier molecular flexibility index (Phi) is 6.29. The number of amides is 1. The van der Waals surface area contributed by atoms with Gasteiger partial charge in [-0.25, -0.2) is 0 Å². The predicted molar refractivity (Wildman–Crippen MR) is 95.4 cm³/mol. The van der Waals surface area contributed by atoms with E-state index in [0.717, 1.165) is 10.2 Å². The number of rotatable bonds is 7. The fourth-order valence-electron chi connectivity index (χ4n) is 2.03. The Labute approximate surface area is 144 Å². The molecule has 0 saturated carbocycles. The molecule has 0 fully saturated rings. The lowest BCUT2D eigenvalue weighted by molar-refractivity contribution is -0.116. The second-order valence-electron chi connectivity index (χ2n) is 4.80. The number of benzene rings is 2. The minimum absolute atomic E-state index is 0.0871. The molecule has 0 atom stereocenters. The summed E-state index contributed by atoms with van der Waals surface area (Å²) in [6.07, 6.45) is 0.349. The number of ether oxygens (including phenoxy) is 2. The summed E-state index contributed by atoms with van der Waals surface area (Å²) in [5.74, 6) is 1.16. The highest BCUT2D eigenvalue weighted by Crippen LogP contribution is 2.29. The fourth-order valence-corrected chi connectivity index (χ4v) is 2.43. The molecule has 0 unspecified atom stereocenters. The Hall–Kier alpha value is -2.21. The van der Waals surface area contributed by atoms with Crippen LogP contribution in [0.15, 0.2) is 46.9 Å². The number of carbonyl (C=O) groups excluding carboxylic acids is 1. The van der Waals surface area contributed by atoms with Crippen molar-refractivity contribution in [2.24, 2.45) is 0 Å². The lowest BCUT2D eigenvalue weighted by atomic mass is 10.2. The van der Waals surface area contributed by atoms with Gasteiger partial charge in [0.1, 0.15) is 11.5 Å². The molecule has 0 saturated heterocycles. The van der Waals surface area contributed by atoms with Crippen LogP contribution in [0, 0.1) is 0 Å². The van der Waals surface area contributed by atoms with Crippen molar-refractivity contribution in [3.63, 3.8) is 0 Å². The van der Waals surface area contributed by atoms with Gasteiger partial charge in [0.05, 0.1) is 19.9 Å². The topological polar surface area (TPSA) is 59.6 Å². The first-order chi connectivity index (χ1) is 11.1. The molecule has 0 spiro atoms. The van der Waals surface area contributed by atoms with Crippen molar-refractivity contribution in [2.45, 2.75) is 6.42 Å². The molecule has 1 amide bonds. The molecule has 0 heterocycles. The average Bonchev–Trinajstić information content (AvgIpc) is 2.55. The molecule has 0 aromatic heterocycles. The highest BCUT2D eigenvalue weighted by Gasteiger charge is 2.08. The largest absolute Gasteiger partial charge is 0.497 e. The first-order valence-electron chi connectivity index (χ1n) is 7.13. The van der Waals surface area contributed by atoms with Crippen molar-refractivity contribution in [3.8, 4) is 11.5 Å². The Morgan fingerprint density at radius 3 is 2.65 bits per heavy atom. The molecule has 2 aromatic carbocycles. The standard InChI is InChI=1S/C17H19BrN2O3/c1-22-14-6-7-15(16(11-14)23-2)20-17(21)8-9-19-13-5-3-4-12(18)10-13/h3-7,10-11,19H,8-9H2,1-2H3,(H,20,21). The van der Waals surface area contributed by atoms with Crippen molar-refractivity contribution in [3.05, 3.63) is 46.9 Å². The molecule has 5 nitrogen and oxygen atoms in total. The van der Waals surface area contributed by atoms with E-state index in [1.54, 1.807) is 32.4 Å². The second-order valence-corrected chi connectivity index (χ2v) is 5.72. The van der Waals surface area contributed by atoms with Crippen LogP contribution in [0.2, 0.25) is 0 Å². The quantitative estimate of drug-likeness (QED) is 0.766. The molecule has 23 heavy (non-hydrogen) atoms. The normalized spacial score (nSPS) is 10.0. The summed E-state index contributed by atoms with van der Waals surface area (Å²) in [7, 11) is 3.14. The SMILES string of the molecule is COc1ccc(NC(=O)CCNc2cccc(Br)c2)c(OC)c1. The van der Waals surface area contributed by atoms with Crippen LogP contribution in [0.5, 0.6) is 11.5 Å². The first kappa shape index (κ1) is 17.1. The van der Waals surface area contributed by atoms with Crippen LogP contribution in [0.3, 0.4) is 0 Å². The molecule has 0 radical (unpaired) electrons. The van der Waals surface area contributed by atoms with Crippen molar-refractivity contribution in [2.75, 3.05) is 31.4 Å². The highest BCUT2D eigenvalue weighted by atomic mass is 79.9. The summed E-state index contributed by atoms with van der Waals surface area (Å²) in [5, 5.41) is 6.05. The van der Waals surface area contributed by atoms with Gasteiger partial charge in [0, 0.05) is 29.2 Å². The number of hydrogen-bond donors (Lipinski definition) is 2. The molecule has 0 aliphatic carbocycles. The number of nitrogens with one attached hydrogen (secondary N) is 2. The number of methoxy groups -OCH3 is 2. The molecule has 6 heteroatoms. The molecule has 0 aliphatic rings. The molecule has 122 valence electrons. The van der Waals surface area contributed by atoms with E-state index in [1.165, 1.54) is 0 Å². The van der Waals surface area contributed by atoms with Gasteiger partial charge in [-0.1, -0.05) is 22.0 Å². The van der Waals surface area contributed by atoms with E-state index in [-0.39, 0.29) is 5.91 Å². The molecular formula is C17H19BrN2O3. The fraction of sp³-hybridized carbons (Fsp3) is 0.235. The molecule has 2 aromatic rings. The lowest BCUT2D eigenvalue weighted by Gasteiger charge is -2.12. The monoisotopic (exact) mass is 378 g/mol. The van der Waals surface area contributed by atoms with Gasteiger partial charge < -0.3 is 20.1 Å². The van der Waals surface area contributed by atoms with Crippen molar-refractivity contribution in [1.82, 2.24) is 0 Å². The zero-order valence-corrected chi connectivity index (χ0v) is 14.6. The summed E-state index contributed by atoms with van der Waals surface area (Å²) >= 11 is 3.41. The van der Waals surface area contributed by atoms with Gasteiger partial charge in [0.15, 0.2) is 0 Å². The Balaban J connectivity index is 1.87. The molecule has 2 rings (SSSR count). The van der Waals surface area contributed by atoms with Crippen molar-refractivity contribution in [1.29, 1.82) is 0 Å². The van der Waals surface area contributed by atoms with E-state index < -0.39 is 0 Å². The maximum atomic E-state index is 12.0. The van der Waals surface area contributed by atoms with Gasteiger partial charge in [-0.3, -0.25) is 4.79 Å². The van der Waals surface area contributed by atoms with Crippen LogP contribution in [0.1, 0.15) is 6.42 Å². The van der Waals surface area contributed by atoms with E-state index >= 15 is 0 Å². The minimum atomic E-state index is -0.0871.